The van der Waals surface area contributed by atoms with Crippen molar-refractivity contribution in [1.82, 2.24) is 9.55 Å². The van der Waals surface area contributed by atoms with Crippen molar-refractivity contribution in [3.63, 3.8) is 0 Å². The highest BCUT2D eigenvalue weighted by molar-refractivity contribution is 6.36. The third-order valence-corrected chi connectivity index (χ3v) is 4.45. The van der Waals surface area contributed by atoms with E-state index in [9.17, 15) is 4.79 Å². The number of carbonyl (C=O) groups excluding carboxylic acids is 1. The highest BCUT2D eigenvalue weighted by Gasteiger charge is 2.14. The van der Waals surface area contributed by atoms with E-state index in [0.29, 0.717) is 16.7 Å². The van der Waals surface area contributed by atoms with Crippen LogP contribution >= 0.6 is 23.2 Å². The predicted octanol–water partition coefficient (Wildman–Crippen LogP) is 5.81. The molecule has 4 nitrogen and oxygen atoms in total. The summed E-state index contributed by atoms with van der Waals surface area (Å²) in [5, 5.41) is 1.12. The highest BCUT2D eigenvalue weighted by Crippen LogP contribution is 2.36. The quantitative estimate of drug-likeness (QED) is 0.387. The lowest BCUT2D eigenvalue weighted by Gasteiger charge is -2.15. The van der Waals surface area contributed by atoms with Gasteiger partial charge in [0.1, 0.15) is 0 Å². The lowest BCUT2D eigenvalue weighted by molar-refractivity contribution is -0.137. The van der Waals surface area contributed by atoms with Crippen LogP contribution in [-0.2, 0) is 9.53 Å². The zero-order chi connectivity index (χ0) is 19.2. The third kappa shape index (κ3) is 4.59. The van der Waals surface area contributed by atoms with Crippen LogP contribution in [0.2, 0.25) is 10.0 Å². The second-order valence-corrected chi connectivity index (χ2v) is 6.68. The van der Waals surface area contributed by atoms with Crippen LogP contribution in [0.5, 0.6) is 0 Å². The Labute approximate surface area is 168 Å². The van der Waals surface area contributed by atoms with Gasteiger partial charge in [0.05, 0.1) is 18.6 Å². The normalized spacial score (nSPS) is 11.1. The van der Waals surface area contributed by atoms with Gasteiger partial charge in [0.2, 0.25) is 0 Å². The molecule has 0 aliphatic rings. The number of ether oxygens (including phenoxy) is 1. The van der Waals surface area contributed by atoms with Gasteiger partial charge in [-0.05, 0) is 30.2 Å². The van der Waals surface area contributed by atoms with Gasteiger partial charge in [0.25, 0.3) is 0 Å². The van der Waals surface area contributed by atoms with E-state index in [1.54, 1.807) is 30.7 Å². The Morgan fingerprint density at radius 3 is 2.78 bits per heavy atom. The first-order valence-corrected chi connectivity index (χ1v) is 9.27. The lowest BCUT2D eigenvalue weighted by atomic mass is 9.99. The molecule has 0 spiro atoms. The van der Waals surface area contributed by atoms with Crippen molar-refractivity contribution in [2.75, 3.05) is 6.61 Å². The summed E-state index contributed by atoms with van der Waals surface area (Å²) in [6.07, 6.45) is 9.19. The molecule has 0 N–H and O–H groups in total. The Bertz CT molecular complexity index is 966. The number of aromatic nitrogens is 2. The Morgan fingerprint density at radius 2 is 2.07 bits per heavy atom. The van der Waals surface area contributed by atoms with Gasteiger partial charge in [0.15, 0.2) is 0 Å². The topological polar surface area (TPSA) is 44.1 Å². The summed E-state index contributed by atoms with van der Waals surface area (Å²) in [7, 11) is 0. The van der Waals surface area contributed by atoms with Crippen molar-refractivity contribution < 1.29 is 9.53 Å². The van der Waals surface area contributed by atoms with Crippen LogP contribution in [-0.4, -0.2) is 22.1 Å². The molecule has 0 saturated carbocycles. The van der Waals surface area contributed by atoms with Crippen molar-refractivity contribution in [3.05, 3.63) is 76.8 Å². The number of esters is 1. The van der Waals surface area contributed by atoms with Gasteiger partial charge >= 0.3 is 5.97 Å². The molecule has 1 aromatic heterocycles. The average Bonchev–Trinajstić information content (AvgIpc) is 3.18. The van der Waals surface area contributed by atoms with E-state index in [-0.39, 0.29) is 5.97 Å². The summed E-state index contributed by atoms with van der Waals surface area (Å²) in [6.45, 7) is 2.35. The molecule has 0 aliphatic heterocycles. The monoisotopic (exact) mass is 400 g/mol. The number of nitrogens with zero attached hydrogens (tertiary/aromatic N) is 2. The summed E-state index contributed by atoms with van der Waals surface area (Å²) < 4.78 is 7.00. The molecule has 0 saturated heterocycles. The molecule has 0 bridgehead atoms. The number of halogens is 2. The maximum atomic E-state index is 11.9. The first-order valence-electron chi connectivity index (χ1n) is 8.51. The number of rotatable bonds is 6. The molecule has 6 heteroatoms. The number of imidazole rings is 1. The largest absolute Gasteiger partial charge is 0.463 e. The Morgan fingerprint density at radius 1 is 1.22 bits per heavy atom. The first kappa shape index (κ1) is 19.2. The van der Waals surface area contributed by atoms with E-state index in [1.165, 1.54) is 6.08 Å². The van der Waals surface area contributed by atoms with E-state index in [4.69, 9.17) is 27.9 Å². The fourth-order valence-electron chi connectivity index (χ4n) is 2.71. The molecule has 2 aromatic carbocycles. The van der Waals surface area contributed by atoms with Crippen LogP contribution in [0.25, 0.3) is 22.9 Å². The molecule has 138 valence electrons. The molecule has 3 rings (SSSR count). The Hall–Kier alpha value is -2.56. The Kier molecular flexibility index (Phi) is 6.32. The average molecular weight is 401 g/mol. The minimum Gasteiger partial charge on any atom is -0.463 e. The van der Waals surface area contributed by atoms with E-state index in [2.05, 4.69) is 4.98 Å². The van der Waals surface area contributed by atoms with E-state index < -0.39 is 0 Å². The SMILES string of the molecule is CCCOC(=O)C=Cc1cccc(-c2ccc(Cl)cc2Cl)c1-n1ccnc1. The number of hydrogen-bond acceptors (Lipinski definition) is 3. The summed E-state index contributed by atoms with van der Waals surface area (Å²) >= 11 is 12.5. The molecular weight excluding hydrogens is 383 g/mol. The van der Waals surface area contributed by atoms with Crippen molar-refractivity contribution in [3.8, 4) is 16.8 Å². The lowest BCUT2D eigenvalue weighted by Crippen LogP contribution is -2.02. The summed E-state index contributed by atoms with van der Waals surface area (Å²) in [6, 6.07) is 11.2. The van der Waals surface area contributed by atoms with Gasteiger partial charge in [-0.15, -0.1) is 0 Å². The molecule has 3 aromatic rings. The first-order chi connectivity index (χ1) is 13.1. The molecule has 0 unspecified atom stereocenters. The summed E-state index contributed by atoms with van der Waals surface area (Å²) in [4.78, 5) is 16.0. The second-order valence-electron chi connectivity index (χ2n) is 5.84. The smallest absolute Gasteiger partial charge is 0.330 e. The molecule has 1 heterocycles. The molecule has 0 radical (unpaired) electrons. The van der Waals surface area contributed by atoms with Crippen LogP contribution in [0.1, 0.15) is 18.9 Å². The van der Waals surface area contributed by atoms with Crippen LogP contribution in [0.15, 0.2) is 61.2 Å². The minimum absolute atomic E-state index is 0.372. The third-order valence-electron chi connectivity index (χ3n) is 3.90. The van der Waals surface area contributed by atoms with Gasteiger partial charge in [-0.25, -0.2) is 9.78 Å². The van der Waals surface area contributed by atoms with Crippen LogP contribution in [0.3, 0.4) is 0 Å². The van der Waals surface area contributed by atoms with Gasteiger partial charge in [-0.1, -0.05) is 54.4 Å². The van der Waals surface area contributed by atoms with Crippen LogP contribution in [0.4, 0.5) is 0 Å². The minimum atomic E-state index is -0.372. The number of benzene rings is 2. The molecule has 0 amide bonds. The van der Waals surface area contributed by atoms with Gasteiger partial charge in [-0.2, -0.15) is 0 Å². The predicted molar refractivity (Wildman–Crippen MR) is 109 cm³/mol. The van der Waals surface area contributed by atoms with Crippen molar-refractivity contribution >= 4 is 35.2 Å². The second kappa shape index (κ2) is 8.89. The van der Waals surface area contributed by atoms with Crippen LogP contribution < -0.4 is 0 Å². The van der Waals surface area contributed by atoms with E-state index in [1.807, 2.05) is 42.0 Å². The number of carbonyl (C=O) groups is 1. The Balaban J connectivity index is 2.10. The number of hydrogen-bond donors (Lipinski definition) is 0. The molecular formula is C21H18Cl2N2O2. The van der Waals surface area contributed by atoms with E-state index >= 15 is 0 Å². The summed E-state index contributed by atoms with van der Waals surface area (Å²) in [5.41, 5.74) is 3.44. The van der Waals surface area contributed by atoms with Crippen molar-refractivity contribution in [2.45, 2.75) is 13.3 Å². The maximum Gasteiger partial charge on any atom is 0.330 e. The van der Waals surface area contributed by atoms with E-state index in [0.717, 1.165) is 28.8 Å². The van der Waals surface area contributed by atoms with Crippen LogP contribution in [0, 0.1) is 0 Å². The fraction of sp³-hybridized carbons (Fsp3) is 0.143. The molecule has 0 aliphatic carbocycles. The van der Waals surface area contributed by atoms with Gasteiger partial charge in [0, 0.05) is 39.6 Å². The zero-order valence-electron chi connectivity index (χ0n) is 14.7. The molecule has 0 fully saturated rings. The summed E-state index contributed by atoms with van der Waals surface area (Å²) in [5.74, 6) is -0.372. The van der Waals surface area contributed by atoms with Gasteiger partial charge < -0.3 is 9.30 Å². The maximum absolute atomic E-state index is 11.9. The molecule has 27 heavy (non-hydrogen) atoms. The number of para-hydroxylation sites is 1. The fourth-order valence-corrected chi connectivity index (χ4v) is 3.22. The highest BCUT2D eigenvalue weighted by atomic mass is 35.5. The van der Waals surface area contributed by atoms with Crippen molar-refractivity contribution in [2.24, 2.45) is 0 Å². The van der Waals surface area contributed by atoms with Crippen molar-refractivity contribution in [1.29, 1.82) is 0 Å². The zero-order valence-corrected chi connectivity index (χ0v) is 16.2. The standard InChI is InChI=1S/C21H18Cl2N2O2/c1-2-12-27-20(26)9-6-15-4-3-5-18(21(15)25-11-10-24-14-25)17-8-7-16(22)13-19(17)23/h3-11,13-14H,2,12H2,1H3. The molecule has 0 atom stereocenters. The van der Waals surface area contributed by atoms with Gasteiger partial charge in [-0.3, -0.25) is 0 Å².